The minimum atomic E-state index is -0.126. The van der Waals surface area contributed by atoms with Crippen LogP contribution in [0.2, 0.25) is 0 Å². The zero-order valence-electron chi connectivity index (χ0n) is 12.3. The molecule has 2 aromatic carbocycles. The molecule has 116 valence electrons. The van der Waals surface area contributed by atoms with Gasteiger partial charge in [-0.2, -0.15) is 0 Å². The van der Waals surface area contributed by atoms with Gasteiger partial charge >= 0.3 is 0 Å². The topological polar surface area (TPSA) is 59.3 Å². The molecular weight excluding hydrogens is 310 g/mol. The van der Waals surface area contributed by atoms with E-state index in [4.69, 9.17) is 4.42 Å². The van der Waals surface area contributed by atoms with Crippen LogP contribution >= 0.6 is 11.8 Å². The highest BCUT2D eigenvalue weighted by Gasteiger charge is 2.13. The van der Waals surface area contributed by atoms with Gasteiger partial charge in [-0.25, -0.2) is 0 Å². The first-order chi connectivity index (χ1) is 11.2. The highest BCUT2D eigenvalue weighted by Crippen LogP contribution is 2.20. The van der Waals surface area contributed by atoms with Crippen molar-refractivity contribution in [1.29, 1.82) is 0 Å². The van der Waals surface area contributed by atoms with Crippen LogP contribution in [0.1, 0.15) is 10.6 Å². The Morgan fingerprint density at radius 1 is 0.957 bits per heavy atom. The Balaban J connectivity index is 1.50. The number of fused-ring (bicyclic) bond motifs is 1. The van der Waals surface area contributed by atoms with Crippen LogP contribution in [0.25, 0.3) is 11.0 Å². The smallest absolute Gasteiger partial charge is 0.234 e. The molecule has 1 N–H and O–H groups in total. The first kappa shape index (κ1) is 15.4. The van der Waals surface area contributed by atoms with Crippen LogP contribution in [-0.4, -0.2) is 23.2 Å². The van der Waals surface area contributed by atoms with Gasteiger partial charge in [-0.05, 0) is 24.3 Å². The molecule has 3 rings (SSSR count). The molecule has 0 atom stereocenters. The number of hydrogen-bond donors (Lipinski definition) is 1. The predicted octanol–water partition coefficient (Wildman–Crippen LogP) is 3.99. The number of nitrogens with one attached hydrogen (secondary N) is 1. The van der Waals surface area contributed by atoms with E-state index in [1.54, 1.807) is 6.07 Å². The minimum absolute atomic E-state index is 0.112. The van der Waals surface area contributed by atoms with Gasteiger partial charge in [0.25, 0.3) is 0 Å². The second-order valence-electron chi connectivity index (χ2n) is 4.98. The van der Waals surface area contributed by atoms with Crippen LogP contribution < -0.4 is 5.32 Å². The van der Waals surface area contributed by atoms with Crippen molar-refractivity contribution in [3.63, 3.8) is 0 Å². The Bertz CT molecular complexity index is 793. The van der Waals surface area contributed by atoms with Crippen LogP contribution in [0.15, 0.2) is 65.1 Å². The quantitative estimate of drug-likeness (QED) is 0.696. The predicted molar refractivity (Wildman–Crippen MR) is 92.9 cm³/mol. The Labute approximate surface area is 137 Å². The zero-order chi connectivity index (χ0) is 16.1. The van der Waals surface area contributed by atoms with Crippen LogP contribution in [0.4, 0.5) is 5.69 Å². The number of rotatable bonds is 6. The molecule has 0 aliphatic rings. The molecule has 23 heavy (non-hydrogen) atoms. The molecule has 0 fully saturated rings. The number of carbonyl (C=O) groups excluding carboxylic acids is 2. The lowest BCUT2D eigenvalue weighted by atomic mass is 10.2. The molecule has 1 aromatic heterocycles. The third kappa shape index (κ3) is 4.02. The normalized spacial score (nSPS) is 10.6. The highest BCUT2D eigenvalue weighted by atomic mass is 32.2. The van der Waals surface area contributed by atoms with Gasteiger partial charge in [0, 0.05) is 11.1 Å². The largest absolute Gasteiger partial charge is 0.453 e. The molecule has 0 aliphatic heterocycles. The molecule has 0 unspecified atom stereocenters. The van der Waals surface area contributed by atoms with Crippen LogP contribution in [-0.2, 0) is 4.79 Å². The van der Waals surface area contributed by atoms with Crippen molar-refractivity contribution >= 4 is 40.1 Å². The van der Waals surface area contributed by atoms with Crippen molar-refractivity contribution in [3.05, 3.63) is 66.4 Å². The number of para-hydroxylation sites is 2. The van der Waals surface area contributed by atoms with Crippen molar-refractivity contribution in [2.75, 3.05) is 16.8 Å². The summed E-state index contributed by atoms with van der Waals surface area (Å²) in [6.45, 7) is 0. The first-order valence-electron chi connectivity index (χ1n) is 7.17. The summed E-state index contributed by atoms with van der Waals surface area (Å²) in [5.74, 6) is 0.530. The fraction of sp³-hybridized carbons (Fsp3) is 0.111. The second-order valence-corrected chi connectivity index (χ2v) is 5.96. The van der Waals surface area contributed by atoms with Crippen molar-refractivity contribution in [3.8, 4) is 0 Å². The van der Waals surface area contributed by atoms with Gasteiger partial charge in [0.2, 0.25) is 11.7 Å². The SMILES string of the molecule is O=C(CSCC(=O)c1cc2ccccc2o1)Nc1ccccc1. The van der Waals surface area contributed by atoms with Gasteiger partial charge in [-0.15, -0.1) is 11.8 Å². The van der Waals surface area contributed by atoms with Crippen LogP contribution in [0.3, 0.4) is 0 Å². The average Bonchev–Trinajstić information content (AvgIpc) is 3.00. The van der Waals surface area contributed by atoms with E-state index in [0.29, 0.717) is 11.3 Å². The highest BCUT2D eigenvalue weighted by molar-refractivity contribution is 8.00. The van der Waals surface area contributed by atoms with Gasteiger partial charge in [0.15, 0.2) is 5.76 Å². The van der Waals surface area contributed by atoms with Crippen LogP contribution in [0.5, 0.6) is 0 Å². The van der Waals surface area contributed by atoms with Crippen molar-refractivity contribution in [2.24, 2.45) is 0 Å². The van der Waals surface area contributed by atoms with Gasteiger partial charge < -0.3 is 9.73 Å². The summed E-state index contributed by atoms with van der Waals surface area (Å²) in [4.78, 5) is 23.9. The Hall–Kier alpha value is -2.53. The van der Waals surface area contributed by atoms with Crippen molar-refractivity contribution < 1.29 is 14.0 Å². The van der Waals surface area contributed by atoms with Crippen LogP contribution in [0, 0.1) is 0 Å². The molecule has 0 bridgehead atoms. The number of amides is 1. The van der Waals surface area contributed by atoms with E-state index in [0.717, 1.165) is 11.1 Å². The summed E-state index contributed by atoms with van der Waals surface area (Å²) in [5.41, 5.74) is 1.45. The van der Waals surface area contributed by atoms with Gasteiger partial charge in [-0.3, -0.25) is 9.59 Å². The fourth-order valence-corrected chi connectivity index (χ4v) is 2.83. The van der Waals surface area contributed by atoms with E-state index in [1.807, 2.05) is 54.6 Å². The van der Waals surface area contributed by atoms with E-state index in [1.165, 1.54) is 11.8 Å². The van der Waals surface area contributed by atoms with E-state index in [-0.39, 0.29) is 23.2 Å². The maximum absolute atomic E-state index is 12.1. The number of thioether (sulfide) groups is 1. The van der Waals surface area contributed by atoms with Gasteiger partial charge in [0.05, 0.1) is 11.5 Å². The van der Waals surface area contributed by atoms with E-state index in [9.17, 15) is 9.59 Å². The monoisotopic (exact) mass is 325 g/mol. The maximum atomic E-state index is 12.1. The number of benzene rings is 2. The number of Topliss-reactive ketones (excluding diaryl/α,β-unsaturated/α-hetero) is 1. The van der Waals surface area contributed by atoms with E-state index < -0.39 is 0 Å². The van der Waals surface area contributed by atoms with E-state index >= 15 is 0 Å². The third-order valence-electron chi connectivity index (χ3n) is 3.22. The third-order valence-corrected chi connectivity index (χ3v) is 4.16. The van der Waals surface area contributed by atoms with Gasteiger partial charge in [-0.1, -0.05) is 36.4 Å². The number of carbonyl (C=O) groups is 2. The first-order valence-corrected chi connectivity index (χ1v) is 8.32. The lowest BCUT2D eigenvalue weighted by molar-refractivity contribution is -0.113. The molecule has 3 aromatic rings. The number of ketones is 1. The fourth-order valence-electron chi connectivity index (χ4n) is 2.15. The summed E-state index contributed by atoms with van der Waals surface area (Å²) >= 11 is 1.27. The Morgan fingerprint density at radius 2 is 1.70 bits per heavy atom. The molecule has 0 spiro atoms. The molecule has 0 radical (unpaired) electrons. The lowest BCUT2D eigenvalue weighted by Gasteiger charge is -2.04. The summed E-state index contributed by atoms with van der Waals surface area (Å²) in [7, 11) is 0. The van der Waals surface area contributed by atoms with Crippen molar-refractivity contribution in [1.82, 2.24) is 0 Å². The van der Waals surface area contributed by atoms with E-state index in [2.05, 4.69) is 5.32 Å². The summed E-state index contributed by atoms with van der Waals surface area (Å²) < 4.78 is 5.52. The average molecular weight is 325 g/mol. The Kier molecular flexibility index (Phi) is 4.78. The number of hydrogen-bond acceptors (Lipinski definition) is 4. The Morgan fingerprint density at radius 3 is 2.48 bits per heavy atom. The summed E-state index contributed by atoms with van der Waals surface area (Å²) in [6, 6.07) is 18.5. The zero-order valence-corrected chi connectivity index (χ0v) is 13.1. The maximum Gasteiger partial charge on any atom is 0.234 e. The summed E-state index contributed by atoms with van der Waals surface area (Å²) in [5, 5.41) is 3.69. The van der Waals surface area contributed by atoms with Gasteiger partial charge in [0.1, 0.15) is 5.58 Å². The molecule has 5 heteroatoms. The number of anilines is 1. The molecule has 4 nitrogen and oxygen atoms in total. The summed E-state index contributed by atoms with van der Waals surface area (Å²) in [6.07, 6.45) is 0. The molecule has 0 aliphatic carbocycles. The molecule has 0 saturated carbocycles. The molecule has 0 saturated heterocycles. The molecular formula is C18H15NO3S. The number of furan rings is 1. The molecule has 1 heterocycles. The minimum Gasteiger partial charge on any atom is -0.453 e. The second kappa shape index (κ2) is 7.15. The molecule has 1 amide bonds. The van der Waals surface area contributed by atoms with Crippen molar-refractivity contribution in [2.45, 2.75) is 0 Å². The lowest BCUT2D eigenvalue weighted by Crippen LogP contribution is -2.15. The standard InChI is InChI=1S/C18H15NO3S/c20-15(17-10-13-6-4-5-9-16(13)22-17)11-23-12-18(21)19-14-7-2-1-3-8-14/h1-10H,11-12H2,(H,19,21).